The van der Waals surface area contributed by atoms with E-state index in [1.165, 1.54) is 19.3 Å². The summed E-state index contributed by atoms with van der Waals surface area (Å²) in [5, 5.41) is 13.8. The SMILES string of the molecule is CN=C(NCC1(C)CCCCC1O)N1CCCC(C)C1.I. The summed E-state index contributed by atoms with van der Waals surface area (Å²) in [5.74, 6) is 1.76. The van der Waals surface area contributed by atoms with Gasteiger partial charge in [-0.15, -0.1) is 24.0 Å². The molecule has 0 aromatic heterocycles. The number of aliphatic imine (C=N–C) groups is 1. The topological polar surface area (TPSA) is 47.9 Å². The average molecular weight is 409 g/mol. The molecule has 3 unspecified atom stereocenters. The van der Waals surface area contributed by atoms with Crippen molar-refractivity contribution in [1.29, 1.82) is 0 Å². The number of guanidine groups is 1. The van der Waals surface area contributed by atoms with E-state index in [0.29, 0.717) is 0 Å². The van der Waals surface area contributed by atoms with Crippen LogP contribution >= 0.6 is 24.0 Å². The van der Waals surface area contributed by atoms with Crippen molar-refractivity contribution in [3.05, 3.63) is 0 Å². The Morgan fingerprint density at radius 2 is 2.10 bits per heavy atom. The fraction of sp³-hybridized carbons (Fsp3) is 0.938. The Morgan fingerprint density at radius 3 is 2.71 bits per heavy atom. The molecule has 0 bridgehead atoms. The van der Waals surface area contributed by atoms with Crippen molar-refractivity contribution < 1.29 is 5.11 Å². The Kier molecular flexibility index (Phi) is 7.74. The second-order valence-corrected chi connectivity index (χ2v) is 7.01. The monoisotopic (exact) mass is 409 g/mol. The molecule has 1 heterocycles. The van der Waals surface area contributed by atoms with E-state index in [2.05, 4.69) is 29.1 Å². The van der Waals surface area contributed by atoms with Crippen molar-refractivity contribution >= 4 is 29.9 Å². The van der Waals surface area contributed by atoms with Gasteiger partial charge < -0.3 is 15.3 Å². The van der Waals surface area contributed by atoms with Crippen LogP contribution < -0.4 is 5.32 Å². The van der Waals surface area contributed by atoms with Gasteiger partial charge in [0.25, 0.3) is 0 Å². The van der Waals surface area contributed by atoms with Crippen LogP contribution in [0.25, 0.3) is 0 Å². The van der Waals surface area contributed by atoms with Crippen LogP contribution in [0, 0.1) is 11.3 Å². The minimum Gasteiger partial charge on any atom is -0.392 e. The van der Waals surface area contributed by atoms with Gasteiger partial charge in [-0.3, -0.25) is 4.99 Å². The number of hydrogen-bond acceptors (Lipinski definition) is 2. The zero-order valence-corrected chi connectivity index (χ0v) is 16.1. The minimum absolute atomic E-state index is 0. The summed E-state index contributed by atoms with van der Waals surface area (Å²) < 4.78 is 0. The number of piperidine rings is 1. The first kappa shape index (κ1) is 19.0. The lowest BCUT2D eigenvalue weighted by Gasteiger charge is -2.40. The fourth-order valence-electron chi connectivity index (χ4n) is 3.58. The van der Waals surface area contributed by atoms with Gasteiger partial charge in [0.2, 0.25) is 0 Å². The molecule has 0 radical (unpaired) electrons. The molecule has 2 fully saturated rings. The summed E-state index contributed by atoms with van der Waals surface area (Å²) in [5.41, 5.74) is -0.00437. The third-order valence-electron chi connectivity index (χ3n) is 5.10. The number of aliphatic hydroxyl groups excluding tert-OH is 1. The van der Waals surface area contributed by atoms with Gasteiger partial charge in [0.05, 0.1) is 6.10 Å². The maximum Gasteiger partial charge on any atom is 0.193 e. The average Bonchev–Trinajstić information content (AvgIpc) is 2.43. The number of aliphatic hydroxyl groups is 1. The molecule has 21 heavy (non-hydrogen) atoms. The summed E-state index contributed by atoms with van der Waals surface area (Å²) >= 11 is 0. The first-order valence-electron chi connectivity index (χ1n) is 8.19. The molecular weight excluding hydrogens is 377 g/mol. The second-order valence-electron chi connectivity index (χ2n) is 7.01. The lowest BCUT2D eigenvalue weighted by Crippen LogP contribution is -2.51. The van der Waals surface area contributed by atoms with Gasteiger partial charge in [0, 0.05) is 32.1 Å². The Morgan fingerprint density at radius 1 is 1.33 bits per heavy atom. The number of nitrogens with one attached hydrogen (secondary N) is 1. The molecule has 3 atom stereocenters. The highest BCUT2D eigenvalue weighted by Crippen LogP contribution is 2.35. The van der Waals surface area contributed by atoms with E-state index < -0.39 is 0 Å². The smallest absolute Gasteiger partial charge is 0.193 e. The molecule has 2 rings (SSSR count). The van der Waals surface area contributed by atoms with E-state index in [0.717, 1.165) is 50.8 Å². The first-order chi connectivity index (χ1) is 9.55. The Labute approximate surface area is 146 Å². The Balaban J connectivity index is 0.00000220. The van der Waals surface area contributed by atoms with Crippen LogP contribution in [0.1, 0.15) is 52.4 Å². The van der Waals surface area contributed by atoms with Crippen molar-refractivity contribution in [1.82, 2.24) is 10.2 Å². The van der Waals surface area contributed by atoms with E-state index in [9.17, 15) is 5.11 Å². The van der Waals surface area contributed by atoms with Gasteiger partial charge in [0.1, 0.15) is 0 Å². The number of rotatable bonds is 2. The highest BCUT2D eigenvalue weighted by atomic mass is 127. The molecule has 0 amide bonds. The highest BCUT2D eigenvalue weighted by Gasteiger charge is 2.35. The molecule has 1 saturated carbocycles. The quantitative estimate of drug-likeness (QED) is 0.419. The number of hydrogen-bond donors (Lipinski definition) is 2. The number of nitrogens with zero attached hydrogens (tertiary/aromatic N) is 2. The van der Waals surface area contributed by atoms with Crippen LogP contribution in [0.2, 0.25) is 0 Å². The summed E-state index contributed by atoms with van der Waals surface area (Å²) in [6, 6.07) is 0. The van der Waals surface area contributed by atoms with Crippen molar-refractivity contribution in [3.8, 4) is 0 Å². The zero-order chi connectivity index (χ0) is 14.6. The summed E-state index contributed by atoms with van der Waals surface area (Å²) in [6.45, 7) is 7.54. The molecule has 0 aromatic rings. The van der Waals surface area contributed by atoms with Crippen molar-refractivity contribution in [2.24, 2.45) is 16.3 Å². The Hall–Kier alpha value is -0.0400. The maximum absolute atomic E-state index is 10.3. The van der Waals surface area contributed by atoms with Crippen LogP contribution in [-0.4, -0.2) is 48.8 Å². The van der Waals surface area contributed by atoms with Crippen LogP contribution in [0.4, 0.5) is 0 Å². The van der Waals surface area contributed by atoms with Crippen molar-refractivity contribution in [2.45, 2.75) is 58.5 Å². The predicted molar refractivity (Wildman–Crippen MR) is 99.3 cm³/mol. The van der Waals surface area contributed by atoms with Gasteiger partial charge in [-0.2, -0.15) is 0 Å². The molecule has 4 nitrogen and oxygen atoms in total. The van der Waals surface area contributed by atoms with Gasteiger partial charge in [-0.1, -0.05) is 26.7 Å². The summed E-state index contributed by atoms with van der Waals surface area (Å²) in [6.07, 6.45) is 6.84. The van der Waals surface area contributed by atoms with Gasteiger partial charge in [-0.05, 0) is 31.6 Å². The van der Waals surface area contributed by atoms with E-state index >= 15 is 0 Å². The fourth-order valence-corrected chi connectivity index (χ4v) is 3.58. The van der Waals surface area contributed by atoms with E-state index in [-0.39, 0.29) is 35.5 Å². The van der Waals surface area contributed by atoms with Gasteiger partial charge in [-0.25, -0.2) is 0 Å². The van der Waals surface area contributed by atoms with Gasteiger partial charge >= 0.3 is 0 Å². The molecule has 0 spiro atoms. The first-order valence-corrected chi connectivity index (χ1v) is 8.19. The highest BCUT2D eigenvalue weighted by molar-refractivity contribution is 14.0. The molecule has 5 heteroatoms. The number of halogens is 1. The molecule has 1 aliphatic carbocycles. The van der Waals surface area contributed by atoms with Crippen LogP contribution in [0.3, 0.4) is 0 Å². The van der Waals surface area contributed by atoms with Gasteiger partial charge in [0.15, 0.2) is 5.96 Å². The minimum atomic E-state index is -0.179. The number of likely N-dealkylation sites (tertiary alicyclic amines) is 1. The standard InChI is InChI=1S/C16H31N3O.HI/c1-13-7-6-10-19(11-13)15(17-3)18-12-16(2)9-5-4-8-14(16)20;/h13-14,20H,4-12H2,1-3H3,(H,17,18);1H. The largest absolute Gasteiger partial charge is 0.392 e. The molecule has 0 aromatic carbocycles. The zero-order valence-electron chi connectivity index (χ0n) is 13.8. The van der Waals surface area contributed by atoms with E-state index in [4.69, 9.17) is 0 Å². The van der Waals surface area contributed by atoms with Crippen LogP contribution in [0.15, 0.2) is 4.99 Å². The third kappa shape index (κ3) is 4.98. The Bertz CT molecular complexity index is 350. The molecule has 124 valence electrons. The van der Waals surface area contributed by atoms with E-state index in [1.54, 1.807) is 0 Å². The third-order valence-corrected chi connectivity index (χ3v) is 5.10. The predicted octanol–water partition coefficient (Wildman–Crippen LogP) is 2.85. The normalized spacial score (nSPS) is 34.3. The lowest BCUT2D eigenvalue weighted by molar-refractivity contribution is 0.00355. The van der Waals surface area contributed by atoms with Crippen LogP contribution in [0.5, 0.6) is 0 Å². The maximum atomic E-state index is 10.3. The summed E-state index contributed by atoms with van der Waals surface area (Å²) in [7, 11) is 1.86. The molecular formula is C16H32IN3O. The van der Waals surface area contributed by atoms with E-state index in [1.807, 2.05) is 7.05 Å². The lowest BCUT2D eigenvalue weighted by atomic mass is 9.73. The molecule has 2 aliphatic rings. The molecule has 2 N–H and O–H groups in total. The van der Waals surface area contributed by atoms with Crippen molar-refractivity contribution in [2.75, 3.05) is 26.7 Å². The molecule has 1 saturated heterocycles. The van der Waals surface area contributed by atoms with Crippen molar-refractivity contribution in [3.63, 3.8) is 0 Å². The molecule has 1 aliphatic heterocycles. The van der Waals surface area contributed by atoms with Crippen LogP contribution in [-0.2, 0) is 0 Å². The second kappa shape index (κ2) is 8.56. The summed E-state index contributed by atoms with van der Waals surface area (Å²) in [4.78, 5) is 6.80.